The van der Waals surface area contributed by atoms with Gasteiger partial charge in [-0.05, 0) is 43.0 Å². The molecule has 1 amide bonds. The third-order valence-corrected chi connectivity index (χ3v) is 8.00. The van der Waals surface area contributed by atoms with E-state index in [2.05, 4.69) is 34.1 Å². The van der Waals surface area contributed by atoms with Gasteiger partial charge >= 0.3 is 0 Å². The molecule has 2 aromatic carbocycles. The fourth-order valence-corrected chi connectivity index (χ4v) is 5.95. The summed E-state index contributed by atoms with van der Waals surface area (Å²) in [4.78, 5) is 19.9. The van der Waals surface area contributed by atoms with Crippen LogP contribution in [0.4, 0.5) is 0 Å². The molecule has 0 bridgehead atoms. The van der Waals surface area contributed by atoms with Gasteiger partial charge in [-0.2, -0.15) is 0 Å². The molecule has 0 aromatic heterocycles. The van der Waals surface area contributed by atoms with Gasteiger partial charge in [-0.3, -0.25) is 14.6 Å². The van der Waals surface area contributed by atoms with Crippen molar-refractivity contribution in [2.75, 3.05) is 52.5 Å². The Morgan fingerprint density at radius 3 is 2.73 bits per heavy atom. The highest BCUT2D eigenvalue weighted by Gasteiger charge is 2.34. The molecule has 0 unspecified atom stereocenters. The third kappa shape index (κ3) is 5.48. The number of ether oxygens (including phenoxy) is 3. The molecule has 8 heteroatoms. The van der Waals surface area contributed by atoms with Crippen molar-refractivity contribution in [2.45, 2.75) is 50.7 Å². The quantitative estimate of drug-likeness (QED) is 0.616. The molecule has 198 valence electrons. The lowest BCUT2D eigenvalue weighted by Gasteiger charge is -2.34. The standard InChI is InChI=1S/C29H37N3O5/c1-20-13-32(16-24(33)15-30-10-8-21-4-2-3-5-22(21)14-30)29(34)27-7-6-25(12-28(27)36-20)37-26-9-11-31(17-26)23-18-35-19-23/h2-7,12,20,23-24,26,33H,8-11,13-19H2,1H3/t20-,24-,26-/m1/s1. The van der Waals surface area contributed by atoms with Crippen molar-refractivity contribution in [1.29, 1.82) is 0 Å². The monoisotopic (exact) mass is 507 g/mol. The lowest BCUT2D eigenvalue weighted by atomic mass is 10.00. The number of aliphatic hydroxyl groups excluding tert-OH is 1. The second-order valence-corrected chi connectivity index (χ2v) is 10.9. The summed E-state index contributed by atoms with van der Waals surface area (Å²) in [5.74, 6) is 1.18. The lowest BCUT2D eigenvalue weighted by molar-refractivity contribution is -0.0592. The van der Waals surface area contributed by atoms with E-state index in [0.717, 1.165) is 58.0 Å². The zero-order valence-corrected chi connectivity index (χ0v) is 21.6. The number of carbonyl (C=O) groups excluding carboxylic acids is 1. The van der Waals surface area contributed by atoms with Crippen LogP contribution in [0, 0.1) is 0 Å². The Balaban J connectivity index is 1.07. The van der Waals surface area contributed by atoms with Crippen LogP contribution in [0.5, 0.6) is 11.5 Å². The smallest absolute Gasteiger partial charge is 0.257 e. The SMILES string of the molecule is C[C@@H]1CN(C[C@H](O)CN2CCc3ccccc3C2)C(=O)c2ccc(O[C@@H]3CCN(C4COC4)C3)cc2O1. The Labute approximate surface area is 218 Å². The molecule has 8 nitrogen and oxygen atoms in total. The average molecular weight is 508 g/mol. The molecular weight excluding hydrogens is 470 g/mol. The number of hydrogen-bond acceptors (Lipinski definition) is 7. The van der Waals surface area contributed by atoms with Gasteiger partial charge in [-0.25, -0.2) is 0 Å². The Kier molecular flexibility index (Phi) is 7.08. The van der Waals surface area contributed by atoms with E-state index in [1.807, 2.05) is 19.1 Å². The first kappa shape index (κ1) is 24.7. The highest BCUT2D eigenvalue weighted by Crippen LogP contribution is 2.31. The van der Waals surface area contributed by atoms with Crippen LogP contribution in [0.1, 0.15) is 34.8 Å². The molecule has 1 N–H and O–H groups in total. The van der Waals surface area contributed by atoms with E-state index in [-0.39, 0.29) is 24.7 Å². The topological polar surface area (TPSA) is 74.7 Å². The predicted octanol–water partition coefficient (Wildman–Crippen LogP) is 2.18. The van der Waals surface area contributed by atoms with Crippen LogP contribution in [-0.2, 0) is 17.7 Å². The van der Waals surface area contributed by atoms with Gasteiger partial charge in [0.05, 0.1) is 37.5 Å². The summed E-state index contributed by atoms with van der Waals surface area (Å²) in [6.45, 7) is 8.53. The largest absolute Gasteiger partial charge is 0.489 e. The van der Waals surface area contributed by atoms with Crippen LogP contribution >= 0.6 is 0 Å². The first-order chi connectivity index (χ1) is 18.0. The normalized spacial score (nSPS) is 25.6. The first-order valence-electron chi connectivity index (χ1n) is 13.6. The number of nitrogens with zero attached hydrogens (tertiary/aromatic N) is 3. The Hall–Kier alpha value is -2.65. The van der Waals surface area contributed by atoms with Gasteiger partial charge < -0.3 is 24.2 Å². The summed E-state index contributed by atoms with van der Waals surface area (Å²) >= 11 is 0. The van der Waals surface area contributed by atoms with Crippen molar-refractivity contribution in [2.24, 2.45) is 0 Å². The van der Waals surface area contributed by atoms with E-state index in [0.29, 0.717) is 30.4 Å². The van der Waals surface area contributed by atoms with E-state index in [4.69, 9.17) is 14.2 Å². The fraction of sp³-hybridized carbons (Fsp3) is 0.552. The number of rotatable bonds is 7. The van der Waals surface area contributed by atoms with Crippen LogP contribution in [0.25, 0.3) is 0 Å². The van der Waals surface area contributed by atoms with E-state index in [1.54, 1.807) is 11.0 Å². The van der Waals surface area contributed by atoms with Gasteiger partial charge in [0.2, 0.25) is 0 Å². The number of likely N-dealkylation sites (tertiary alicyclic amines) is 1. The highest BCUT2D eigenvalue weighted by atomic mass is 16.5. The molecule has 4 aliphatic rings. The molecule has 0 saturated carbocycles. The molecular formula is C29H37N3O5. The molecule has 2 saturated heterocycles. The average Bonchev–Trinajstić information content (AvgIpc) is 3.25. The second kappa shape index (κ2) is 10.6. The third-order valence-electron chi connectivity index (χ3n) is 8.00. The van der Waals surface area contributed by atoms with E-state index >= 15 is 0 Å². The van der Waals surface area contributed by atoms with Gasteiger partial charge in [0.15, 0.2) is 0 Å². The van der Waals surface area contributed by atoms with Crippen LogP contribution in [0.15, 0.2) is 42.5 Å². The minimum Gasteiger partial charge on any atom is -0.489 e. The molecule has 4 heterocycles. The maximum atomic E-state index is 13.4. The maximum absolute atomic E-state index is 13.4. The fourth-order valence-electron chi connectivity index (χ4n) is 5.95. The molecule has 2 aromatic rings. The summed E-state index contributed by atoms with van der Waals surface area (Å²) in [6, 6.07) is 14.5. The summed E-state index contributed by atoms with van der Waals surface area (Å²) < 4.78 is 17.8. The van der Waals surface area contributed by atoms with E-state index in [1.165, 1.54) is 11.1 Å². The van der Waals surface area contributed by atoms with Crippen LogP contribution < -0.4 is 9.47 Å². The molecule has 0 spiro atoms. The number of carbonyl (C=O) groups is 1. The number of aliphatic hydroxyl groups is 1. The summed E-state index contributed by atoms with van der Waals surface area (Å²) in [7, 11) is 0. The van der Waals surface area contributed by atoms with Gasteiger partial charge in [-0.1, -0.05) is 24.3 Å². The second-order valence-electron chi connectivity index (χ2n) is 10.9. The van der Waals surface area contributed by atoms with Gasteiger partial charge in [0.1, 0.15) is 23.7 Å². The summed E-state index contributed by atoms with van der Waals surface area (Å²) in [5, 5.41) is 10.9. The number of β-amino-alcohol motifs (C(OH)–C–C–N with tert-alkyl or cyclic N) is 1. The van der Waals surface area contributed by atoms with E-state index < -0.39 is 6.10 Å². The van der Waals surface area contributed by atoms with Gasteiger partial charge in [0, 0.05) is 45.3 Å². The minimum absolute atomic E-state index is 0.106. The molecule has 0 aliphatic carbocycles. The van der Waals surface area contributed by atoms with Crippen molar-refractivity contribution in [1.82, 2.24) is 14.7 Å². The summed E-state index contributed by atoms with van der Waals surface area (Å²) in [5.41, 5.74) is 3.23. The maximum Gasteiger partial charge on any atom is 0.257 e. The molecule has 0 radical (unpaired) electrons. The van der Waals surface area contributed by atoms with Crippen molar-refractivity contribution in [3.8, 4) is 11.5 Å². The van der Waals surface area contributed by atoms with Crippen LogP contribution in [-0.4, -0.2) is 103 Å². The lowest BCUT2D eigenvalue weighted by Crippen LogP contribution is -2.48. The van der Waals surface area contributed by atoms with Crippen LogP contribution in [0.2, 0.25) is 0 Å². The van der Waals surface area contributed by atoms with Gasteiger partial charge in [-0.15, -0.1) is 0 Å². The molecule has 3 atom stereocenters. The molecule has 6 rings (SSSR count). The Morgan fingerprint density at radius 2 is 1.92 bits per heavy atom. The summed E-state index contributed by atoms with van der Waals surface area (Å²) in [6.07, 6.45) is 1.29. The van der Waals surface area contributed by atoms with Crippen LogP contribution in [0.3, 0.4) is 0 Å². The molecule has 4 aliphatic heterocycles. The Morgan fingerprint density at radius 1 is 1.08 bits per heavy atom. The number of amides is 1. The van der Waals surface area contributed by atoms with Crippen molar-refractivity contribution >= 4 is 5.91 Å². The Bertz CT molecular complexity index is 1120. The predicted molar refractivity (Wildman–Crippen MR) is 139 cm³/mol. The molecule has 37 heavy (non-hydrogen) atoms. The number of benzene rings is 2. The first-order valence-corrected chi connectivity index (χ1v) is 13.6. The molecule has 2 fully saturated rings. The zero-order valence-electron chi connectivity index (χ0n) is 21.6. The van der Waals surface area contributed by atoms with E-state index in [9.17, 15) is 9.90 Å². The number of fused-ring (bicyclic) bond motifs is 2. The zero-order chi connectivity index (χ0) is 25.4. The van der Waals surface area contributed by atoms with Crippen molar-refractivity contribution in [3.05, 3.63) is 59.2 Å². The van der Waals surface area contributed by atoms with Gasteiger partial charge in [0.25, 0.3) is 5.91 Å². The highest BCUT2D eigenvalue weighted by molar-refractivity contribution is 5.97. The van der Waals surface area contributed by atoms with Crippen molar-refractivity contribution < 1.29 is 24.1 Å². The van der Waals surface area contributed by atoms with Crippen molar-refractivity contribution in [3.63, 3.8) is 0 Å². The number of hydrogen-bond donors (Lipinski definition) is 1. The minimum atomic E-state index is -0.628.